The molecule has 0 bridgehead atoms. The van der Waals surface area contributed by atoms with Crippen molar-refractivity contribution in [3.8, 4) is 0 Å². The van der Waals surface area contributed by atoms with Crippen LogP contribution < -0.4 is 5.32 Å². The molecule has 0 radical (unpaired) electrons. The minimum Gasteiger partial charge on any atom is -0.321 e. The third-order valence-electron chi connectivity index (χ3n) is 4.62. The number of nitrogens with zero attached hydrogens (tertiary/aromatic N) is 2. The maximum atomic E-state index is 15.3. The number of carbonyl (C=O) groups is 1. The standard InChI is InChI=1S/C18H23F2N3O/c1-6-11(2)18(4,20)13-9-7-8-10-14(13)21-17(24)15-12(3)22-23(5)16(15)19/h7-11H,6H2,1-5H3,(H,21,24). The molecule has 1 N–H and O–H groups in total. The molecule has 1 amide bonds. The van der Waals surface area contributed by atoms with Gasteiger partial charge in [-0.3, -0.25) is 4.79 Å². The minimum atomic E-state index is -1.61. The van der Waals surface area contributed by atoms with E-state index in [4.69, 9.17) is 0 Å². The third-order valence-corrected chi connectivity index (χ3v) is 4.62. The third kappa shape index (κ3) is 3.18. The molecule has 0 saturated heterocycles. The van der Waals surface area contributed by atoms with Crippen LogP contribution >= 0.6 is 0 Å². The van der Waals surface area contributed by atoms with Gasteiger partial charge in [0, 0.05) is 18.3 Å². The summed E-state index contributed by atoms with van der Waals surface area (Å²) in [6, 6.07) is 6.70. The number of para-hydroxylation sites is 1. The van der Waals surface area contributed by atoms with Crippen LogP contribution in [-0.2, 0) is 12.7 Å². The molecule has 2 unspecified atom stereocenters. The van der Waals surface area contributed by atoms with Gasteiger partial charge in [0.05, 0.1) is 5.69 Å². The number of amides is 1. The van der Waals surface area contributed by atoms with Gasteiger partial charge in [-0.25, -0.2) is 9.07 Å². The Labute approximate surface area is 140 Å². The maximum Gasteiger partial charge on any atom is 0.262 e. The molecule has 0 aliphatic heterocycles. The molecule has 0 aliphatic carbocycles. The summed E-state index contributed by atoms with van der Waals surface area (Å²) in [5.41, 5.74) is -0.724. The molecule has 1 aromatic carbocycles. The summed E-state index contributed by atoms with van der Waals surface area (Å²) in [5, 5.41) is 6.53. The molecule has 1 heterocycles. The lowest BCUT2D eigenvalue weighted by Crippen LogP contribution is -2.27. The van der Waals surface area contributed by atoms with Gasteiger partial charge in [0.25, 0.3) is 5.91 Å². The SMILES string of the molecule is CCC(C)C(C)(F)c1ccccc1NC(=O)c1c(C)nn(C)c1F. The number of hydrogen-bond donors (Lipinski definition) is 1. The molecule has 1 aromatic heterocycles. The fourth-order valence-corrected chi connectivity index (χ4v) is 2.74. The van der Waals surface area contributed by atoms with Crippen molar-refractivity contribution < 1.29 is 13.6 Å². The zero-order chi connectivity index (χ0) is 18.1. The fraction of sp³-hybridized carbons (Fsp3) is 0.444. The maximum absolute atomic E-state index is 15.3. The number of carbonyl (C=O) groups excluding carboxylic acids is 1. The van der Waals surface area contributed by atoms with Crippen LogP contribution in [0, 0.1) is 18.8 Å². The molecule has 2 rings (SSSR count). The summed E-state index contributed by atoms with van der Waals surface area (Å²) in [5.74, 6) is -1.58. The number of aryl methyl sites for hydroxylation is 2. The number of benzene rings is 1. The first-order valence-electron chi connectivity index (χ1n) is 7.99. The molecule has 0 saturated carbocycles. The second kappa shape index (κ2) is 6.71. The molecular weight excluding hydrogens is 312 g/mol. The van der Waals surface area contributed by atoms with Crippen LogP contribution in [0.3, 0.4) is 0 Å². The van der Waals surface area contributed by atoms with Crippen LogP contribution in [0.4, 0.5) is 14.5 Å². The van der Waals surface area contributed by atoms with Gasteiger partial charge in [0.2, 0.25) is 5.95 Å². The van der Waals surface area contributed by atoms with Gasteiger partial charge in [0.1, 0.15) is 11.2 Å². The Morgan fingerprint density at radius 1 is 1.42 bits per heavy atom. The average Bonchev–Trinajstić information content (AvgIpc) is 2.79. The molecule has 2 aromatic rings. The van der Waals surface area contributed by atoms with Gasteiger partial charge in [-0.15, -0.1) is 0 Å². The van der Waals surface area contributed by atoms with E-state index in [0.717, 1.165) is 4.68 Å². The van der Waals surface area contributed by atoms with E-state index in [1.165, 1.54) is 14.0 Å². The Morgan fingerprint density at radius 3 is 2.58 bits per heavy atom. The summed E-state index contributed by atoms with van der Waals surface area (Å²) in [6.07, 6.45) is 0.658. The monoisotopic (exact) mass is 335 g/mol. The number of anilines is 1. The average molecular weight is 335 g/mol. The number of rotatable bonds is 5. The van der Waals surface area contributed by atoms with Crippen molar-refractivity contribution in [3.63, 3.8) is 0 Å². The molecule has 4 nitrogen and oxygen atoms in total. The molecule has 0 fully saturated rings. The Hall–Kier alpha value is -2.24. The minimum absolute atomic E-state index is 0.128. The van der Waals surface area contributed by atoms with E-state index in [9.17, 15) is 9.18 Å². The van der Waals surface area contributed by atoms with E-state index in [2.05, 4.69) is 10.4 Å². The van der Waals surface area contributed by atoms with Crippen LogP contribution in [0.5, 0.6) is 0 Å². The van der Waals surface area contributed by atoms with Gasteiger partial charge < -0.3 is 5.32 Å². The second-order valence-electron chi connectivity index (χ2n) is 6.26. The highest BCUT2D eigenvalue weighted by Crippen LogP contribution is 2.39. The molecule has 24 heavy (non-hydrogen) atoms. The summed E-state index contributed by atoms with van der Waals surface area (Å²) < 4.78 is 30.3. The van der Waals surface area contributed by atoms with E-state index >= 15 is 4.39 Å². The fourth-order valence-electron chi connectivity index (χ4n) is 2.74. The number of alkyl halides is 1. The summed E-state index contributed by atoms with van der Waals surface area (Å²) >= 11 is 0. The highest BCUT2D eigenvalue weighted by atomic mass is 19.1. The van der Waals surface area contributed by atoms with Crippen molar-refractivity contribution >= 4 is 11.6 Å². The van der Waals surface area contributed by atoms with Crippen LogP contribution in [0.1, 0.15) is 48.8 Å². The molecule has 2 atom stereocenters. The van der Waals surface area contributed by atoms with Crippen LogP contribution in [0.15, 0.2) is 24.3 Å². The van der Waals surface area contributed by atoms with Gasteiger partial charge in [0.15, 0.2) is 0 Å². The van der Waals surface area contributed by atoms with Crippen molar-refractivity contribution in [1.82, 2.24) is 9.78 Å². The molecular formula is C18H23F2N3O. The van der Waals surface area contributed by atoms with Crippen LogP contribution in [0.2, 0.25) is 0 Å². The zero-order valence-corrected chi connectivity index (χ0v) is 14.7. The first-order chi connectivity index (χ1) is 11.2. The first-order valence-corrected chi connectivity index (χ1v) is 7.99. The van der Waals surface area contributed by atoms with E-state index in [-0.39, 0.29) is 17.2 Å². The number of nitrogens with one attached hydrogen (secondary N) is 1. The van der Waals surface area contributed by atoms with Crippen molar-refractivity contribution in [2.75, 3.05) is 5.32 Å². The normalized spacial score (nSPS) is 15.0. The molecule has 0 spiro atoms. The topological polar surface area (TPSA) is 46.9 Å². The van der Waals surface area contributed by atoms with E-state index in [1.807, 2.05) is 13.8 Å². The predicted octanol–water partition coefficient (Wildman–Crippen LogP) is 4.35. The van der Waals surface area contributed by atoms with Crippen molar-refractivity contribution in [2.24, 2.45) is 13.0 Å². The molecule has 0 aliphatic rings. The first kappa shape index (κ1) is 18.1. The number of aromatic nitrogens is 2. The summed E-state index contributed by atoms with van der Waals surface area (Å²) in [6.45, 7) is 6.80. The van der Waals surface area contributed by atoms with Gasteiger partial charge >= 0.3 is 0 Å². The van der Waals surface area contributed by atoms with Gasteiger partial charge in [-0.05, 0) is 25.8 Å². The highest BCUT2D eigenvalue weighted by Gasteiger charge is 2.34. The lowest BCUT2D eigenvalue weighted by atomic mass is 9.83. The summed E-state index contributed by atoms with van der Waals surface area (Å²) in [4.78, 5) is 12.5. The van der Waals surface area contributed by atoms with Gasteiger partial charge in [-0.2, -0.15) is 9.49 Å². The number of halogens is 2. The Kier molecular flexibility index (Phi) is 5.06. The highest BCUT2D eigenvalue weighted by molar-refractivity contribution is 6.05. The van der Waals surface area contributed by atoms with E-state index < -0.39 is 17.5 Å². The van der Waals surface area contributed by atoms with Crippen molar-refractivity contribution in [2.45, 2.75) is 39.8 Å². The summed E-state index contributed by atoms with van der Waals surface area (Å²) in [7, 11) is 1.43. The Bertz CT molecular complexity index is 753. The van der Waals surface area contributed by atoms with Crippen LogP contribution in [-0.4, -0.2) is 15.7 Å². The predicted molar refractivity (Wildman–Crippen MR) is 90.2 cm³/mol. The van der Waals surface area contributed by atoms with E-state index in [0.29, 0.717) is 17.7 Å². The van der Waals surface area contributed by atoms with E-state index in [1.54, 1.807) is 31.2 Å². The Balaban J connectivity index is 2.39. The van der Waals surface area contributed by atoms with Gasteiger partial charge in [-0.1, -0.05) is 38.5 Å². The Morgan fingerprint density at radius 2 is 2.04 bits per heavy atom. The zero-order valence-electron chi connectivity index (χ0n) is 14.7. The second-order valence-corrected chi connectivity index (χ2v) is 6.26. The quantitative estimate of drug-likeness (QED) is 0.883. The largest absolute Gasteiger partial charge is 0.321 e. The van der Waals surface area contributed by atoms with Crippen molar-refractivity contribution in [1.29, 1.82) is 0 Å². The van der Waals surface area contributed by atoms with Crippen molar-refractivity contribution in [3.05, 3.63) is 47.0 Å². The molecule has 130 valence electrons. The molecule has 6 heteroatoms. The smallest absolute Gasteiger partial charge is 0.262 e. The van der Waals surface area contributed by atoms with Crippen LogP contribution in [0.25, 0.3) is 0 Å². The number of hydrogen-bond acceptors (Lipinski definition) is 2. The lowest BCUT2D eigenvalue weighted by Gasteiger charge is -2.29. The lowest BCUT2D eigenvalue weighted by molar-refractivity contribution is 0.101.